The number of nitrogens with one attached hydrogen (secondary N) is 1. The molecule has 0 saturated carbocycles. The van der Waals surface area contributed by atoms with Crippen LogP contribution >= 0.6 is 11.8 Å². The van der Waals surface area contributed by atoms with Gasteiger partial charge in [-0.1, -0.05) is 71.9 Å². The number of amides is 1. The Hall–Kier alpha value is -3.58. The van der Waals surface area contributed by atoms with Gasteiger partial charge >= 0.3 is 0 Å². The first kappa shape index (κ1) is 21.6. The van der Waals surface area contributed by atoms with E-state index in [1.165, 1.54) is 11.8 Å². The van der Waals surface area contributed by atoms with Crippen LogP contribution in [0, 0.1) is 6.92 Å². The summed E-state index contributed by atoms with van der Waals surface area (Å²) in [7, 11) is 3.53. The summed E-state index contributed by atoms with van der Waals surface area (Å²) < 4.78 is 7.22. The molecule has 7 heteroatoms. The Morgan fingerprint density at radius 3 is 2.47 bits per heavy atom. The largest absolute Gasteiger partial charge is 0.497 e. The average molecular weight is 445 g/mol. The molecule has 3 aromatic carbocycles. The van der Waals surface area contributed by atoms with Gasteiger partial charge in [-0.05, 0) is 36.8 Å². The van der Waals surface area contributed by atoms with Crippen LogP contribution in [0.1, 0.15) is 16.4 Å². The molecule has 0 saturated heterocycles. The fraction of sp³-hybridized carbons (Fsp3) is 0.160. The van der Waals surface area contributed by atoms with Gasteiger partial charge in [-0.2, -0.15) is 0 Å². The van der Waals surface area contributed by atoms with Crippen molar-refractivity contribution >= 4 is 23.4 Å². The van der Waals surface area contributed by atoms with Crippen LogP contribution in [0.5, 0.6) is 5.75 Å². The number of ether oxygens (including phenoxy) is 1. The SMILES string of the molecule is COc1cccc(-c2nnc(S[C@H](C(=O)Nc3ccc(C)cc3)c3ccccc3)n2C)c1. The Kier molecular flexibility index (Phi) is 6.56. The average Bonchev–Trinajstić information content (AvgIpc) is 3.19. The van der Waals surface area contributed by atoms with Crippen LogP contribution in [-0.2, 0) is 11.8 Å². The molecule has 0 aliphatic rings. The van der Waals surface area contributed by atoms with E-state index in [9.17, 15) is 4.79 Å². The molecule has 162 valence electrons. The van der Waals surface area contributed by atoms with Gasteiger partial charge < -0.3 is 14.6 Å². The van der Waals surface area contributed by atoms with Crippen molar-refractivity contribution in [3.05, 3.63) is 90.0 Å². The monoisotopic (exact) mass is 444 g/mol. The van der Waals surface area contributed by atoms with Gasteiger partial charge in [-0.15, -0.1) is 10.2 Å². The van der Waals surface area contributed by atoms with E-state index in [0.29, 0.717) is 11.0 Å². The number of aromatic nitrogens is 3. The van der Waals surface area contributed by atoms with Gasteiger partial charge in [0.25, 0.3) is 0 Å². The Morgan fingerprint density at radius 1 is 1.00 bits per heavy atom. The minimum atomic E-state index is -0.487. The zero-order valence-electron chi connectivity index (χ0n) is 18.1. The lowest BCUT2D eigenvalue weighted by Gasteiger charge is -2.17. The summed E-state index contributed by atoms with van der Waals surface area (Å²) in [5.74, 6) is 1.34. The standard InChI is InChI=1S/C25H24N4O2S/c1-17-12-14-20(15-13-17)26-24(30)22(18-8-5-4-6-9-18)32-25-28-27-23(29(25)2)19-10-7-11-21(16-19)31-3/h4-16,22H,1-3H3,(H,26,30)/t22-/m0/s1. The Balaban J connectivity index is 1.62. The van der Waals surface area contributed by atoms with Crippen LogP contribution in [0.2, 0.25) is 0 Å². The van der Waals surface area contributed by atoms with Gasteiger partial charge in [0.2, 0.25) is 5.91 Å². The summed E-state index contributed by atoms with van der Waals surface area (Å²) in [6.45, 7) is 2.02. The van der Waals surface area contributed by atoms with Crippen molar-refractivity contribution in [1.29, 1.82) is 0 Å². The van der Waals surface area contributed by atoms with Crippen molar-refractivity contribution in [1.82, 2.24) is 14.8 Å². The summed E-state index contributed by atoms with van der Waals surface area (Å²) >= 11 is 1.37. The van der Waals surface area contributed by atoms with Crippen molar-refractivity contribution in [2.45, 2.75) is 17.3 Å². The number of carbonyl (C=O) groups is 1. The van der Waals surface area contributed by atoms with Crippen molar-refractivity contribution in [2.24, 2.45) is 7.05 Å². The fourth-order valence-electron chi connectivity index (χ4n) is 3.28. The molecule has 4 aromatic rings. The first-order valence-electron chi connectivity index (χ1n) is 10.2. The number of nitrogens with zero attached hydrogens (tertiary/aromatic N) is 3. The molecule has 1 amide bonds. The second-order valence-corrected chi connectivity index (χ2v) is 8.43. The predicted octanol–water partition coefficient (Wildman–Crippen LogP) is 5.27. The molecule has 1 N–H and O–H groups in total. The van der Waals surface area contributed by atoms with Crippen molar-refractivity contribution in [2.75, 3.05) is 12.4 Å². The van der Waals surface area contributed by atoms with Gasteiger partial charge in [0.05, 0.1) is 7.11 Å². The molecular weight excluding hydrogens is 420 g/mol. The van der Waals surface area contributed by atoms with E-state index in [4.69, 9.17) is 4.74 Å². The number of thioether (sulfide) groups is 1. The maximum absolute atomic E-state index is 13.3. The molecule has 32 heavy (non-hydrogen) atoms. The van der Waals surface area contributed by atoms with E-state index < -0.39 is 5.25 Å². The summed E-state index contributed by atoms with van der Waals surface area (Å²) in [6.07, 6.45) is 0. The molecule has 1 atom stereocenters. The molecule has 0 bridgehead atoms. The highest BCUT2D eigenvalue weighted by atomic mass is 32.2. The Labute approximate surface area is 191 Å². The highest BCUT2D eigenvalue weighted by molar-refractivity contribution is 8.00. The topological polar surface area (TPSA) is 69.0 Å². The van der Waals surface area contributed by atoms with Crippen molar-refractivity contribution in [3.8, 4) is 17.1 Å². The summed E-state index contributed by atoms with van der Waals surface area (Å²) in [5.41, 5.74) is 3.69. The lowest BCUT2D eigenvalue weighted by atomic mass is 10.1. The van der Waals surface area contributed by atoms with E-state index in [1.54, 1.807) is 7.11 Å². The number of carbonyl (C=O) groups excluding carboxylic acids is 1. The number of anilines is 1. The number of benzene rings is 3. The van der Waals surface area contributed by atoms with E-state index >= 15 is 0 Å². The van der Waals surface area contributed by atoms with Gasteiger partial charge in [-0.25, -0.2) is 0 Å². The van der Waals surface area contributed by atoms with Crippen LogP contribution in [0.25, 0.3) is 11.4 Å². The first-order valence-corrected chi connectivity index (χ1v) is 11.1. The Morgan fingerprint density at radius 2 is 1.75 bits per heavy atom. The van der Waals surface area contributed by atoms with Gasteiger partial charge in [-0.3, -0.25) is 4.79 Å². The first-order chi connectivity index (χ1) is 15.5. The summed E-state index contributed by atoms with van der Waals surface area (Å²) in [5, 5.41) is 11.9. The highest BCUT2D eigenvalue weighted by Gasteiger charge is 2.25. The molecular formula is C25H24N4O2S. The predicted molar refractivity (Wildman–Crippen MR) is 128 cm³/mol. The maximum atomic E-state index is 13.3. The molecule has 0 radical (unpaired) electrons. The second-order valence-electron chi connectivity index (χ2n) is 7.36. The normalized spacial score (nSPS) is 11.7. The highest BCUT2D eigenvalue weighted by Crippen LogP contribution is 2.36. The van der Waals surface area contributed by atoms with Crippen molar-refractivity contribution in [3.63, 3.8) is 0 Å². The summed E-state index contributed by atoms with van der Waals surface area (Å²) in [6, 6.07) is 25.1. The molecule has 0 fully saturated rings. The van der Waals surface area contributed by atoms with E-state index in [2.05, 4.69) is 15.5 Å². The van der Waals surface area contributed by atoms with Crippen LogP contribution in [0.3, 0.4) is 0 Å². The van der Waals surface area contributed by atoms with Gasteiger partial charge in [0.1, 0.15) is 11.0 Å². The molecule has 0 unspecified atom stereocenters. The minimum absolute atomic E-state index is 0.115. The Bertz CT molecular complexity index is 1210. The van der Waals surface area contributed by atoms with E-state index in [-0.39, 0.29) is 5.91 Å². The molecule has 0 aliphatic carbocycles. The van der Waals surface area contributed by atoms with Crippen LogP contribution < -0.4 is 10.1 Å². The van der Waals surface area contributed by atoms with E-state index in [0.717, 1.165) is 28.1 Å². The van der Waals surface area contributed by atoms with Crippen LogP contribution in [0.15, 0.2) is 84.0 Å². The third-order valence-electron chi connectivity index (χ3n) is 5.05. The fourth-order valence-corrected chi connectivity index (χ4v) is 4.28. The minimum Gasteiger partial charge on any atom is -0.497 e. The number of hydrogen-bond acceptors (Lipinski definition) is 5. The lowest BCUT2D eigenvalue weighted by Crippen LogP contribution is -2.19. The quantitative estimate of drug-likeness (QED) is 0.393. The maximum Gasteiger partial charge on any atom is 0.242 e. The zero-order chi connectivity index (χ0) is 22.5. The third-order valence-corrected chi connectivity index (χ3v) is 6.33. The smallest absolute Gasteiger partial charge is 0.242 e. The molecule has 1 aromatic heterocycles. The van der Waals surface area contributed by atoms with E-state index in [1.807, 2.05) is 97.4 Å². The van der Waals surface area contributed by atoms with Gasteiger partial charge in [0.15, 0.2) is 11.0 Å². The zero-order valence-corrected chi connectivity index (χ0v) is 19.0. The molecule has 0 aliphatic heterocycles. The lowest BCUT2D eigenvalue weighted by molar-refractivity contribution is -0.115. The third kappa shape index (κ3) is 4.84. The van der Waals surface area contributed by atoms with Crippen LogP contribution in [0.4, 0.5) is 5.69 Å². The van der Waals surface area contributed by atoms with Gasteiger partial charge in [0, 0.05) is 18.3 Å². The molecule has 0 spiro atoms. The molecule has 4 rings (SSSR count). The molecule has 1 heterocycles. The number of hydrogen-bond donors (Lipinski definition) is 1. The number of aryl methyl sites for hydroxylation is 1. The molecule has 6 nitrogen and oxygen atoms in total. The number of rotatable bonds is 7. The van der Waals surface area contributed by atoms with Crippen molar-refractivity contribution < 1.29 is 9.53 Å². The second kappa shape index (κ2) is 9.70. The summed E-state index contributed by atoms with van der Waals surface area (Å²) in [4.78, 5) is 13.3. The number of methoxy groups -OCH3 is 1. The van der Waals surface area contributed by atoms with Crippen LogP contribution in [-0.4, -0.2) is 27.8 Å².